The summed E-state index contributed by atoms with van der Waals surface area (Å²) in [5, 5.41) is 8.72. The Morgan fingerprint density at radius 3 is 2.50 bits per heavy atom. The third-order valence-electron chi connectivity index (χ3n) is 3.33. The number of carbonyl (C=O) groups excluding carboxylic acids is 1. The summed E-state index contributed by atoms with van der Waals surface area (Å²) in [7, 11) is 0. The van der Waals surface area contributed by atoms with E-state index in [-0.39, 0.29) is 26.1 Å². The Hall–Kier alpha value is -2.09. The number of anilines is 1. The molecule has 5 nitrogen and oxygen atoms in total. The highest BCUT2D eigenvalue weighted by atomic mass is 19.4. The van der Waals surface area contributed by atoms with E-state index in [1.165, 1.54) is 17.0 Å². The quantitative estimate of drug-likeness (QED) is 0.925. The second-order valence-electron chi connectivity index (χ2n) is 4.91. The van der Waals surface area contributed by atoms with Crippen molar-refractivity contribution in [1.29, 1.82) is 0 Å². The van der Waals surface area contributed by atoms with Crippen LogP contribution < -0.4 is 4.90 Å². The maximum atomic E-state index is 12.6. The molecule has 120 valence electrons. The van der Waals surface area contributed by atoms with Gasteiger partial charge in [-0.2, -0.15) is 13.2 Å². The number of nitrogens with zero attached hydrogens (tertiary/aromatic N) is 1. The van der Waals surface area contributed by atoms with Gasteiger partial charge in [-0.3, -0.25) is 9.59 Å². The third kappa shape index (κ3) is 3.76. The van der Waals surface area contributed by atoms with Gasteiger partial charge in [0.15, 0.2) is 0 Å². The fraction of sp³-hybridized carbons (Fsp3) is 0.429. The van der Waals surface area contributed by atoms with Gasteiger partial charge in [-0.05, 0) is 30.7 Å². The minimum Gasteiger partial charge on any atom is -0.481 e. The molecule has 0 aliphatic carbocycles. The van der Waals surface area contributed by atoms with Crippen LogP contribution >= 0.6 is 0 Å². The number of amides is 1. The predicted octanol–water partition coefficient (Wildman–Crippen LogP) is 2.30. The smallest absolute Gasteiger partial charge is 0.416 e. The van der Waals surface area contributed by atoms with Gasteiger partial charge in [0.2, 0.25) is 0 Å². The molecule has 22 heavy (non-hydrogen) atoms. The molecule has 1 heterocycles. The van der Waals surface area contributed by atoms with Gasteiger partial charge in [0.1, 0.15) is 6.61 Å². The molecule has 1 amide bonds. The Morgan fingerprint density at radius 2 is 1.95 bits per heavy atom. The van der Waals surface area contributed by atoms with Crippen LogP contribution in [0.15, 0.2) is 24.3 Å². The number of hydrogen-bond donors (Lipinski definition) is 1. The number of alkyl halides is 3. The zero-order valence-electron chi connectivity index (χ0n) is 11.5. The van der Waals surface area contributed by atoms with Crippen molar-refractivity contribution in [1.82, 2.24) is 0 Å². The first-order valence-electron chi connectivity index (χ1n) is 6.58. The topological polar surface area (TPSA) is 66.8 Å². The van der Waals surface area contributed by atoms with Crippen LogP contribution in [0.5, 0.6) is 0 Å². The number of ether oxygens (including phenoxy) is 1. The van der Waals surface area contributed by atoms with Crippen LogP contribution in [-0.2, 0) is 20.5 Å². The highest BCUT2D eigenvalue weighted by Crippen LogP contribution is 2.31. The second kappa shape index (κ2) is 6.35. The van der Waals surface area contributed by atoms with Gasteiger partial charge in [-0.15, -0.1) is 0 Å². The number of morpholine rings is 1. The second-order valence-corrected chi connectivity index (χ2v) is 4.91. The molecule has 1 aromatic rings. The molecule has 2 rings (SSSR count). The number of aliphatic carboxylic acids is 1. The average Bonchev–Trinajstić information content (AvgIpc) is 2.44. The zero-order valence-corrected chi connectivity index (χ0v) is 11.5. The van der Waals surface area contributed by atoms with Gasteiger partial charge in [0.05, 0.1) is 18.2 Å². The minimum atomic E-state index is -4.45. The molecule has 1 aliphatic heterocycles. The normalized spacial score (nSPS) is 19.3. The first-order chi connectivity index (χ1) is 10.3. The van der Waals surface area contributed by atoms with E-state index in [2.05, 4.69) is 0 Å². The molecule has 1 aliphatic rings. The van der Waals surface area contributed by atoms with Crippen molar-refractivity contribution in [3.63, 3.8) is 0 Å². The van der Waals surface area contributed by atoms with Crippen molar-refractivity contribution in [2.24, 2.45) is 0 Å². The number of carbonyl (C=O) groups is 2. The number of rotatable bonds is 4. The van der Waals surface area contributed by atoms with E-state index in [0.29, 0.717) is 5.69 Å². The van der Waals surface area contributed by atoms with Crippen LogP contribution in [0.3, 0.4) is 0 Å². The van der Waals surface area contributed by atoms with Crippen LogP contribution in [0.25, 0.3) is 0 Å². The molecular weight excluding hydrogens is 303 g/mol. The largest absolute Gasteiger partial charge is 0.481 e. The number of halogens is 3. The molecular formula is C14H14F3NO4. The molecule has 0 radical (unpaired) electrons. The standard InChI is InChI=1S/C14H14F3NO4/c15-14(16,17)9-1-3-10(4-2-9)18-11(5-6-13(20)21)7-22-8-12(18)19/h1-4,11H,5-8H2,(H,20,21). The Morgan fingerprint density at radius 1 is 1.32 bits per heavy atom. The maximum Gasteiger partial charge on any atom is 0.416 e. The van der Waals surface area contributed by atoms with Crippen LogP contribution in [0, 0.1) is 0 Å². The molecule has 1 N–H and O–H groups in total. The lowest BCUT2D eigenvalue weighted by atomic mass is 10.1. The van der Waals surface area contributed by atoms with Gasteiger partial charge >= 0.3 is 12.1 Å². The molecule has 0 aromatic heterocycles. The van der Waals surface area contributed by atoms with E-state index in [1.54, 1.807) is 0 Å². The van der Waals surface area contributed by atoms with Gasteiger partial charge in [0.25, 0.3) is 5.91 Å². The summed E-state index contributed by atoms with van der Waals surface area (Å²) >= 11 is 0. The number of carboxylic acids is 1. The van der Waals surface area contributed by atoms with Gasteiger partial charge in [-0.25, -0.2) is 0 Å². The van der Waals surface area contributed by atoms with E-state index >= 15 is 0 Å². The van der Waals surface area contributed by atoms with Crippen molar-refractivity contribution in [2.75, 3.05) is 18.1 Å². The molecule has 1 unspecified atom stereocenters. The first kappa shape index (κ1) is 16.3. The lowest BCUT2D eigenvalue weighted by molar-refractivity contribution is -0.138. The summed E-state index contributed by atoms with van der Waals surface area (Å²) in [6.07, 6.45) is -4.43. The molecule has 0 bridgehead atoms. The lowest BCUT2D eigenvalue weighted by Gasteiger charge is -2.35. The number of carboxylic acid groups (broad SMARTS) is 1. The summed E-state index contributed by atoms with van der Waals surface area (Å²) in [6, 6.07) is 3.70. The van der Waals surface area contributed by atoms with E-state index < -0.39 is 29.7 Å². The molecule has 0 saturated carbocycles. The van der Waals surface area contributed by atoms with Crippen molar-refractivity contribution in [3.8, 4) is 0 Å². The van der Waals surface area contributed by atoms with Crippen molar-refractivity contribution >= 4 is 17.6 Å². The monoisotopic (exact) mass is 317 g/mol. The summed E-state index contributed by atoms with van der Waals surface area (Å²) in [5.41, 5.74) is -0.504. The fourth-order valence-electron chi connectivity index (χ4n) is 2.30. The van der Waals surface area contributed by atoms with Crippen LogP contribution in [0.2, 0.25) is 0 Å². The summed E-state index contributed by atoms with van der Waals surface area (Å²) in [4.78, 5) is 23.9. The van der Waals surface area contributed by atoms with Crippen LogP contribution in [-0.4, -0.2) is 36.2 Å². The fourth-order valence-corrected chi connectivity index (χ4v) is 2.30. The summed E-state index contributed by atoms with van der Waals surface area (Å²) in [5.74, 6) is -1.41. The van der Waals surface area contributed by atoms with Gasteiger partial charge < -0.3 is 14.7 Å². The summed E-state index contributed by atoms with van der Waals surface area (Å²) < 4.78 is 42.8. The molecule has 1 saturated heterocycles. The lowest BCUT2D eigenvalue weighted by Crippen LogP contribution is -2.49. The Balaban J connectivity index is 2.21. The maximum absolute atomic E-state index is 12.6. The van der Waals surface area contributed by atoms with Crippen LogP contribution in [0.4, 0.5) is 18.9 Å². The van der Waals surface area contributed by atoms with Crippen molar-refractivity contribution < 1.29 is 32.6 Å². The Kier molecular flexibility index (Phi) is 4.70. The van der Waals surface area contributed by atoms with E-state index in [4.69, 9.17) is 9.84 Å². The number of benzene rings is 1. The van der Waals surface area contributed by atoms with E-state index in [0.717, 1.165) is 12.1 Å². The zero-order chi connectivity index (χ0) is 16.3. The van der Waals surface area contributed by atoms with E-state index in [9.17, 15) is 22.8 Å². The van der Waals surface area contributed by atoms with Crippen LogP contribution in [0.1, 0.15) is 18.4 Å². The van der Waals surface area contributed by atoms with Gasteiger partial charge in [0, 0.05) is 12.1 Å². The molecule has 0 spiro atoms. The summed E-state index contributed by atoms with van der Waals surface area (Å²) in [6.45, 7) is -0.0232. The van der Waals surface area contributed by atoms with Crippen molar-refractivity contribution in [2.45, 2.75) is 25.1 Å². The molecule has 8 heteroatoms. The Bertz CT molecular complexity index is 556. The average molecular weight is 317 g/mol. The first-order valence-corrected chi connectivity index (χ1v) is 6.58. The minimum absolute atomic E-state index is 0.153. The Labute approximate surface area is 124 Å². The number of hydrogen-bond acceptors (Lipinski definition) is 3. The predicted molar refractivity (Wildman–Crippen MR) is 70.4 cm³/mol. The highest BCUT2D eigenvalue weighted by molar-refractivity contribution is 5.95. The SMILES string of the molecule is O=C(O)CCC1COCC(=O)N1c1ccc(C(F)(F)F)cc1. The third-order valence-corrected chi connectivity index (χ3v) is 3.33. The highest BCUT2D eigenvalue weighted by Gasteiger charge is 2.33. The van der Waals surface area contributed by atoms with Crippen molar-refractivity contribution in [3.05, 3.63) is 29.8 Å². The molecule has 1 atom stereocenters. The molecule has 1 fully saturated rings. The van der Waals surface area contributed by atoms with Gasteiger partial charge in [-0.1, -0.05) is 0 Å². The molecule has 1 aromatic carbocycles. The van der Waals surface area contributed by atoms with E-state index in [1.807, 2.05) is 0 Å².